The van der Waals surface area contributed by atoms with Crippen molar-refractivity contribution < 1.29 is 14.9 Å². The first-order chi connectivity index (χ1) is 9.04. The molecule has 1 aliphatic rings. The lowest BCUT2D eigenvalue weighted by atomic mass is 9.99. The molecule has 4 heteroatoms. The molecule has 0 aliphatic carbocycles. The zero-order valence-electron chi connectivity index (χ0n) is 11.7. The molecule has 1 aromatic rings. The van der Waals surface area contributed by atoms with E-state index in [2.05, 4.69) is 4.90 Å². The van der Waals surface area contributed by atoms with Crippen molar-refractivity contribution in [3.8, 4) is 5.75 Å². The van der Waals surface area contributed by atoms with Gasteiger partial charge in [-0.25, -0.2) is 0 Å². The predicted octanol–water partition coefficient (Wildman–Crippen LogP) is 1.54. The summed E-state index contributed by atoms with van der Waals surface area (Å²) in [7, 11) is 0. The second-order valence-electron chi connectivity index (χ2n) is 5.47. The van der Waals surface area contributed by atoms with Gasteiger partial charge in [-0.05, 0) is 43.5 Å². The molecule has 0 bridgehead atoms. The Bertz CT molecular complexity index is 420. The van der Waals surface area contributed by atoms with Crippen LogP contribution in [0.25, 0.3) is 0 Å². The Hall–Kier alpha value is -1.10. The van der Waals surface area contributed by atoms with Gasteiger partial charge in [-0.1, -0.05) is 6.07 Å². The van der Waals surface area contributed by atoms with Crippen molar-refractivity contribution in [1.82, 2.24) is 4.90 Å². The van der Waals surface area contributed by atoms with Crippen LogP contribution in [-0.4, -0.2) is 47.0 Å². The summed E-state index contributed by atoms with van der Waals surface area (Å²) in [5.74, 6) is 0.310. The largest absolute Gasteiger partial charge is 0.508 e. The maximum absolute atomic E-state index is 9.94. The Morgan fingerprint density at radius 1 is 1.32 bits per heavy atom. The molecule has 0 amide bonds. The Kier molecular flexibility index (Phi) is 4.80. The summed E-state index contributed by atoms with van der Waals surface area (Å²) in [6.45, 7) is 6.64. The van der Waals surface area contributed by atoms with Gasteiger partial charge < -0.3 is 14.9 Å². The standard InChI is InChI=1S/C15H23NO3/c1-11(2)19-10-15(18)9-16-6-5-12-3-4-14(17)7-13(12)8-16/h3-4,7,11,15,17-18H,5-6,8-10H2,1-2H3/t15-/m0/s1. The van der Waals surface area contributed by atoms with Crippen LogP contribution < -0.4 is 0 Å². The van der Waals surface area contributed by atoms with Gasteiger partial charge in [0.2, 0.25) is 0 Å². The zero-order chi connectivity index (χ0) is 13.8. The third-order valence-corrected chi connectivity index (χ3v) is 3.37. The van der Waals surface area contributed by atoms with Gasteiger partial charge in [-0.3, -0.25) is 4.90 Å². The number of aliphatic hydroxyl groups is 1. The first kappa shape index (κ1) is 14.3. The Morgan fingerprint density at radius 2 is 2.11 bits per heavy atom. The Morgan fingerprint density at radius 3 is 2.84 bits per heavy atom. The fourth-order valence-corrected chi connectivity index (χ4v) is 2.41. The highest BCUT2D eigenvalue weighted by Gasteiger charge is 2.19. The number of phenols is 1. The van der Waals surface area contributed by atoms with Crippen LogP contribution in [0.1, 0.15) is 25.0 Å². The quantitative estimate of drug-likeness (QED) is 0.848. The first-order valence-electron chi connectivity index (χ1n) is 6.87. The fraction of sp³-hybridized carbons (Fsp3) is 0.600. The average Bonchev–Trinajstić information content (AvgIpc) is 2.36. The van der Waals surface area contributed by atoms with Crippen LogP contribution in [0.15, 0.2) is 18.2 Å². The van der Waals surface area contributed by atoms with Crippen LogP contribution >= 0.6 is 0 Å². The summed E-state index contributed by atoms with van der Waals surface area (Å²) in [4.78, 5) is 2.20. The highest BCUT2D eigenvalue weighted by molar-refractivity contribution is 5.36. The monoisotopic (exact) mass is 265 g/mol. The third-order valence-electron chi connectivity index (χ3n) is 3.37. The van der Waals surface area contributed by atoms with Crippen molar-refractivity contribution in [3.63, 3.8) is 0 Å². The van der Waals surface area contributed by atoms with E-state index in [1.807, 2.05) is 26.0 Å². The molecular formula is C15H23NO3. The minimum Gasteiger partial charge on any atom is -0.508 e. The number of hydrogen-bond donors (Lipinski definition) is 2. The normalized spacial score (nSPS) is 17.5. The molecular weight excluding hydrogens is 242 g/mol. The van der Waals surface area contributed by atoms with E-state index in [0.717, 1.165) is 25.1 Å². The van der Waals surface area contributed by atoms with Crippen molar-refractivity contribution in [1.29, 1.82) is 0 Å². The van der Waals surface area contributed by atoms with Crippen LogP contribution in [0, 0.1) is 0 Å². The predicted molar refractivity (Wildman–Crippen MR) is 74.2 cm³/mol. The lowest BCUT2D eigenvalue weighted by Gasteiger charge is -2.30. The molecule has 2 rings (SSSR count). The molecule has 1 heterocycles. The van der Waals surface area contributed by atoms with Crippen LogP contribution in [-0.2, 0) is 17.7 Å². The lowest BCUT2D eigenvalue weighted by Crippen LogP contribution is -2.38. The van der Waals surface area contributed by atoms with E-state index in [0.29, 0.717) is 18.9 Å². The summed E-state index contributed by atoms with van der Waals surface area (Å²) < 4.78 is 5.42. The number of benzene rings is 1. The minimum absolute atomic E-state index is 0.147. The van der Waals surface area contributed by atoms with E-state index < -0.39 is 6.10 Å². The smallest absolute Gasteiger partial charge is 0.115 e. The minimum atomic E-state index is -0.457. The zero-order valence-corrected chi connectivity index (χ0v) is 11.7. The molecule has 106 valence electrons. The van der Waals surface area contributed by atoms with Crippen LogP contribution in [0.3, 0.4) is 0 Å². The summed E-state index contributed by atoms with van der Waals surface area (Å²) >= 11 is 0. The van der Waals surface area contributed by atoms with E-state index in [1.165, 1.54) is 5.56 Å². The van der Waals surface area contributed by atoms with Gasteiger partial charge in [0.25, 0.3) is 0 Å². The third kappa shape index (κ3) is 4.20. The maximum Gasteiger partial charge on any atom is 0.115 e. The van der Waals surface area contributed by atoms with E-state index in [1.54, 1.807) is 6.07 Å². The average molecular weight is 265 g/mol. The molecule has 4 nitrogen and oxygen atoms in total. The second-order valence-corrected chi connectivity index (χ2v) is 5.47. The number of rotatable bonds is 5. The number of aromatic hydroxyl groups is 1. The number of ether oxygens (including phenoxy) is 1. The van der Waals surface area contributed by atoms with Gasteiger partial charge in [0.15, 0.2) is 0 Å². The summed E-state index contributed by atoms with van der Waals surface area (Å²) in [6.07, 6.45) is 0.655. The lowest BCUT2D eigenvalue weighted by molar-refractivity contribution is -0.0101. The second kappa shape index (κ2) is 6.37. The molecule has 19 heavy (non-hydrogen) atoms. The van der Waals surface area contributed by atoms with E-state index in [9.17, 15) is 10.2 Å². The van der Waals surface area contributed by atoms with Gasteiger partial charge in [0.1, 0.15) is 5.75 Å². The number of fused-ring (bicyclic) bond motifs is 1. The van der Waals surface area contributed by atoms with Gasteiger partial charge in [-0.2, -0.15) is 0 Å². The topological polar surface area (TPSA) is 52.9 Å². The molecule has 0 radical (unpaired) electrons. The molecule has 0 saturated heterocycles. The molecule has 1 aliphatic heterocycles. The number of β-amino-alcohol motifs (C(OH)–C–C–N with tert-alkyl or cyclic N) is 1. The summed E-state index contributed by atoms with van der Waals surface area (Å²) in [5.41, 5.74) is 2.45. The van der Waals surface area contributed by atoms with Crippen molar-refractivity contribution in [3.05, 3.63) is 29.3 Å². The van der Waals surface area contributed by atoms with E-state index >= 15 is 0 Å². The van der Waals surface area contributed by atoms with Gasteiger partial charge in [0, 0.05) is 19.6 Å². The molecule has 0 fully saturated rings. The highest BCUT2D eigenvalue weighted by Crippen LogP contribution is 2.23. The molecule has 0 unspecified atom stereocenters. The van der Waals surface area contributed by atoms with Gasteiger partial charge in [0.05, 0.1) is 18.8 Å². The van der Waals surface area contributed by atoms with Crippen LogP contribution in [0.4, 0.5) is 0 Å². The number of nitrogens with zero attached hydrogens (tertiary/aromatic N) is 1. The van der Waals surface area contributed by atoms with Crippen molar-refractivity contribution >= 4 is 0 Å². The molecule has 1 aromatic carbocycles. The number of phenolic OH excluding ortho intramolecular Hbond substituents is 1. The summed E-state index contributed by atoms with van der Waals surface area (Å²) in [5, 5.41) is 19.5. The number of aliphatic hydroxyl groups excluding tert-OH is 1. The summed E-state index contributed by atoms with van der Waals surface area (Å²) in [6, 6.07) is 5.54. The molecule has 1 atom stereocenters. The van der Waals surface area contributed by atoms with Crippen LogP contribution in [0.2, 0.25) is 0 Å². The van der Waals surface area contributed by atoms with Crippen LogP contribution in [0.5, 0.6) is 5.75 Å². The van der Waals surface area contributed by atoms with Crippen molar-refractivity contribution in [2.75, 3.05) is 19.7 Å². The molecule has 0 aromatic heterocycles. The number of hydrogen-bond acceptors (Lipinski definition) is 4. The highest BCUT2D eigenvalue weighted by atomic mass is 16.5. The van der Waals surface area contributed by atoms with E-state index in [4.69, 9.17) is 4.74 Å². The van der Waals surface area contributed by atoms with Gasteiger partial charge >= 0.3 is 0 Å². The Balaban J connectivity index is 1.87. The van der Waals surface area contributed by atoms with Crippen molar-refractivity contribution in [2.24, 2.45) is 0 Å². The SMILES string of the molecule is CC(C)OC[C@@H](O)CN1CCc2ccc(O)cc2C1. The van der Waals surface area contributed by atoms with E-state index in [-0.39, 0.29) is 6.10 Å². The molecule has 2 N–H and O–H groups in total. The molecule has 0 spiro atoms. The maximum atomic E-state index is 9.94. The Labute approximate surface area is 114 Å². The molecule has 0 saturated carbocycles. The van der Waals surface area contributed by atoms with Crippen molar-refractivity contribution in [2.45, 2.75) is 39.0 Å². The van der Waals surface area contributed by atoms with Gasteiger partial charge in [-0.15, -0.1) is 0 Å². The first-order valence-corrected chi connectivity index (χ1v) is 6.87. The fourth-order valence-electron chi connectivity index (χ4n) is 2.41.